The van der Waals surface area contributed by atoms with Gasteiger partial charge < -0.3 is 10.1 Å². The third kappa shape index (κ3) is 3.46. The number of halogens is 1. The average Bonchev–Trinajstić information content (AvgIpc) is 2.55. The lowest BCUT2D eigenvalue weighted by Gasteiger charge is -2.38. The quantitative estimate of drug-likeness (QED) is 0.916. The van der Waals surface area contributed by atoms with E-state index in [1.807, 2.05) is 18.2 Å². The van der Waals surface area contributed by atoms with Gasteiger partial charge >= 0.3 is 0 Å². The molecule has 0 radical (unpaired) electrons. The highest BCUT2D eigenvalue weighted by Gasteiger charge is 2.34. The first kappa shape index (κ1) is 14.6. The second-order valence-corrected chi connectivity index (χ2v) is 5.96. The minimum Gasteiger partial charge on any atom is -0.366 e. The second kappa shape index (κ2) is 6.61. The molecule has 0 saturated carbocycles. The molecule has 2 aromatic rings. The Morgan fingerprint density at radius 1 is 0.952 bits per heavy atom. The highest BCUT2D eigenvalue weighted by Crippen LogP contribution is 2.36. The van der Waals surface area contributed by atoms with Crippen LogP contribution < -0.4 is 5.32 Å². The minimum atomic E-state index is -0.203. The van der Waals surface area contributed by atoms with E-state index in [0.29, 0.717) is 6.61 Å². The van der Waals surface area contributed by atoms with Crippen LogP contribution in [0.5, 0.6) is 0 Å². The molecule has 0 aromatic heterocycles. The van der Waals surface area contributed by atoms with E-state index < -0.39 is 0 Å². The molecule has 2 aromatic carbocycles. The molecule has 0 amide bonds. The van der Waals surface area contributed by atoms with Gasteiger partial charge in [-0.3, -0.25) is 0 Å². The lowest BCUT2D eigenvalue weighted by molar-refractivity contribution is -0.0819. The van der Waals surface area contributed by atoms with Crippen molar-refractivity contribution in [2.75, 3.05) is 13.1 Å². The van der Waals surface area contributed by atoms with Crippen LogP contribution >= 0.6 is 11.6 Å². The Morgan fingerprint density at radius 3 is 2.29 bits per heavy atom. The van der Waals surface area contributed by atoms with Crippen molar-refractivity contribution in [3.05, 3.63) is 70.7 Å². The molecule has 1 fully saturated rings. The van der Waals surface area contributed by atoms with Gasteiger partial charge in [0.1, 0.15) is 0 Å². The lowest BCUT2D eigenvalue weighted by atomic mass is 9.84. The van der Waals surface area contributed by atoms with E-state index in [2.05, 4.69) is 41.7 Å². The smallest absolute Gasteiger partial charge is 0.0960 e. The summed E-state index contributed by atoms with van der Waals surface area (Å²) < 4.78 is 6.40. The average molecular weight is 302 g/mol. The number of benzene rings is 2. The Bertz CT molecular complexity index is 562. The van der Waals surface area contributed by atoms with Gasteiger partial charge in [0, 0.05) is 5.02 Å². The van der Waals surface area contributed by atoms with Crippen LogP contribution in [0.2, 0.25) is 5.02 Å². The number of hydrogen-bond acceptors (Lipinski definition) is 2. The van der Waals surface area contributed by atoms with Crippen molar-refractivity contribution < 1.29 is 4.74 Å². The predicted molar refractivity (Wildman–Crippen MR) is 86.5 cm³/mol. The van der Waals surface area contributed by atoms with Crippen LogP contribution in [0.15, 0.2) is 54.6 Å². The summed E-state index contributed by atoms with van der Waals surface area (Å²) in [6, 6.07) is 18.4. The van der Waals surface area contributed by atoms with E-state index >= 15 is 0 Å². The molecule has 3 heteroatoms. The van der Waals surface area contributed by atoms with Crippen LogP contribution in [0, 0.1) is 0 Å². The fraction of sp³-hybridized carbons (Fsp3) is 0.333. The number of piperidine rings is 1. The lowest BCUT2D eigenvalue weighted by Crippen LogP contribution is -2.41. The molecule has 0 unspecified atom stereocenters. The molecule has 1 saturated heterocycles. The van der Waals surface area contributed by atoms with Gasteiger partial charge in [-0.05, 0) is 49.2 Å². The topological polar surface area (TPSA) is 21.3 Å². The van der Waals surface area contributed by atoms with Crippen LogP contribution in [-0.4, -0.2) is 13.1 Å². The largest absolute Gasteiger partial charge is 0.366 e. The molecule has 3 rings (SSSR count). The number of nitrogens with one attached hydrogen (secondary N) is 1. The SMILES string of the molecule is Clc1ccc(C2(OCc3ccccc3)CCNCC2)cc1. The molecule has 21 heavy (non-hydrogen) atoms. The highest BCUT2D eigenvalue weighted by molar-refractivity contribution is 6.30. The molecule has 1 aliphatic rings. The summed E-state index contributed by atoms with van der Waals surface area (Å²) in [5.74, 6) is 0. The number of ether oxygens (including phenoxy) is 1. The van der Waals surface area contributed by atoms with Crippen LogP contribution in [0.4, 0.5) is 0 Å². The Kier molecular flexibility index (Phi) is 4.59. The van der Waals surface area contributed by atoms with Gasteiger partial charge in [-0.2, -0.15) is 0 Å². The molecule has 1 heterocycles. The molecule has 0 atom stereocenters. The summed E-state index contributed by atoms with van der Waals surface area (Å²) in [7, 11) is 0. The summed E-state index contributed by atoms with van der Waals surface area (Å²) in [4.78, 5) is 0. The Labute approximate surface area is 131 Å². The van der Waals surface area contributed by atoms with E-state index in [0.717, 1.165) is 31.0 Å². The monoisotopic (exact) mass is 301 g/mol. The summed E-state index contributed by atoms with van der Waals surface area (Å²) in [5.41, 5.74) is 2.24. The predicted octanol–water partition coefficient (Wildman–Crippen LogP) is 4.14. The van der Waals surface area contributed by atoms with Crippen molar-refractivity contribution in [2.45, 2.75) is 25.0 Å². The Hall–Kier alpha value is -1.35. The first-order chi connectivity index (χ1) is 10.3. The van der Waals surface area contributed by atoms with Gasteiger partial charge in [0.2, 0.25) is 0 Å². The van der Waals surface area contributed by atoms with Gasteiger partial charge in [-0.25, -0.2) is 0 Å². The molecule has 110 valence electrons. The van der Waals surface area contributed by atoms with Gasteiger partial charge in [0.15, 0.2) is 0 Å². The molecule has 0 bridgehead atoms. The van der Waals surface area contributed by atoms with Crippen molar-refractivity contribution in [1.29, 1.82) is 0 Å². The van der Waals surface area contributed by atoms with Crippen LogP contribution in [0.3, 0.4) is 0 Å². The fourth-order valence-electron chi connectivity index (χ4n) is 2.90. The van der Waals surface area contributed by atoms with E-state index in [9.17, 15) is 0 Å². The first-order valence-electron chi connectivity index (χ1n) is 7.43. The van der Waals surface area contributed by atoms with E-state index in [4.69, 9.17) is 16.3 Å². The van der Waals surface area contributed by atoms with Crippen molar-refractivity contribution in [1.82, 2.24) is 5.32 Å². The maximum Gasteiger partial charge on any atom is 0.0960 e. The van der Waals surface area contributed by atoms with Crippen LogP contribution in [0.1, 0.15) is 24.0 Å². The van der Waals surface area contributed by atoms with Crippen molar-refractivity contribution in [3.63, 3.8) is 0 Å². The molecular weight excluding hydrogens is 282 g/mol. The number of rotatable bonds is 4. The number of hydrogen-bond donors (Lipinski definition) is 1. The zero-order valence-electron chi connectivity index (χ0n) is 12.0. The molecular formula is C18H20ClNO. The van der Waals surface area contributed by atoms with E-state index in [1.54, 1.807) is 0 Å². The first-order valence-corrected chi connectivity index (χ1v) is 7.81. The van der Waals surface area contributed by atoms with Crippen molar-refractivity contribution in [2.24, 2.45) is 0 Å². The molecule has 1 aliphatic heterocycles. The maximum absolute atomic E-state index is 6.40. The van der Waals surface area contributed by atoms with E-state index in [1.165, 1.54) is 11.1 Å². The molecule has 0 spiro atoms. The fourth-order valence-corrected chi connectivity index (χ4v) is 3.02. The van der Waals surface area contributed by atoms with Crippen LogP contribution in [0.25, 0.3) is 0 Å². The Morgan fingerprint density at radius 2 is 1.62 bits per heavy atom. The zero-order chi connectivity index (χ0) is 14.5. The van der Waals surface area contributed by atoms with Crippen LogP contribution in [-0.2, 0) is 16.9 Å². The summed E-state index contributed by atoms with van der Waals surface area (Å²) in [6.45, 7) is 2.61. The highest BCUT2D eigenvalue weighted by atomic mass is 35.5. The van der Waals surface area contributed by atoms with Gasteiger partial charge in [-0.1, -0.05) is 54.1 Å². The molecule has 0 aliphatic carbocycles. The molecule has 1 N–H and O–H groups in total. The summed E-state index contributed by atoms with van der Waals surface area (Å²) in [6.07, 6.45) is 1.98. The van der Waals surface area contributed by atoms with Gasteiger partial charge in [-0.15, -0.1) is 0 Å². The van der Waals surface area contributed by atoms with Crippen molar-refractivity contribution in [3.8, 4) is 0 Å². The zero-order valence-corrected chi connectivity index (χ0v) is 12.8. The minimum absolute atomic E-state index is 0.203. The standard InChI is InChI=1S/C18H20ClNO/c19-17-8-6-16(7-9-17)18(10-12-20-13-11-18)21-14-15-4-2-1-3-5-15/h1-9,20H,10-14H2. The normalized spacial score (nSPS) is 17.6. The Balaban J connectivity index is 1.81. The third-order valence-electron chi connectivity index (χ3n) is 4.14. The van der Waals surface area contributed by atoms with Gasteiger partial charge in [0.05, 0.1) is 12.2 Å². The summed E-state index contributed by atoms with van der Waals surface area (Å²) in [5, 5.41) is 4.18. The van der Waals surface area contributed by atoms with E-state index in [-0.39, 0.29) is 5.60 Å². The summed E-state index contributed by atoms with van der Waals surface area (Å²) >= 11 is 6.02. The maximum atomic E-state index is 6.40. The second-order valence-electron chi connectivity index (χ2n) is 5.53. The third-order valence-corrected chi connectivity index (χ3v) is 4.39. The van der Waals surface area contributed by atoms with Gasteiger partial charge in [0.25, 0.3) is 0 Å². The van der Waals surface area contributed by atoms with Crippen molar-refractivity contribution >= 4 is 11.6 Å². The molecule has 2 nitrogen and oxygen atoms in total.